The van der Waals surface area contributed by atoms with Crippen molar-refractivity contribution in [1.29, 1.82) is 0 Å². The van der Waals surface area contributed by atoms with Crippen LogP contribution in [-0.2, 0) is 4.74 Å². The molecule has 0 spiro atoms. The standard InChI is InChI=1S/C19H19F2N3O3/c1-10-8-11(20)4-7-15(10)23-17(25)22-12-5-6-14(21)13(9-12)16-19(2,3)27-18(26)24-16/h4-9,16H,1-3H3,(H,24,26)(H2,22,23,25). The van der Waals surface area contributed by atoms with Crippen molar-refractivity contribution < 1.29 is 23.1 Å². The maximum absolute atomic E-state index is 14.3. The van der Waals surface area contributed by atoms with Crippen LogP contribution in [0.15, 0.2) is 36.4 Å². The Balaban J connectivity index is 1.78. The Morgan fingerprint density at radius 3 is 2.52 bits per heavy atom. The van der Waals surface area contributed by atoms with Crippen LogP contribution < -0.4 is 16.0 Å². The van der Waals surface area contributed by atoms with E-state index in [4.69, 9.17) is 4.74 Å². The number of rotatable bonds is 3. The van der Waals surface area contributed by atoms with Gasteiger partial charge in [-0.05, 0) is 62.7 Å². The average Bonchev–Trinajstić information content (AvgIpc) is 2.84. The molecular formula is C19H19F2N3O3. The highest BCUT2D eigenvalue weighted by atomic mass is 19.1. The molecule has 1 atom stereocenters. The van der Waals surface area contributed by atoms with Crippen molar-refractivity contribution in [2.24, 2.45) is 0 Å². The van der Waals surface area contributed by atoms with Gasteiger partial charge in [0.2, 0.25) is 0 Å². The van der Waals surface area contributed by atoms with Gasteiger partial charge in [0, 0.05) is 16.9 Å². The van der Waals surface area contributed by atoms with Crippen LogP contribution in [0.1, 0.15) is 31.0 Å². The molecule has 6 nitrogen and oxygen atoms in total. The molecule has 0 saturated carbocycles. The highest BCUT2D eigenvalue weighted by molar-refractivity contribution is 6.00. The number of carbonyl (C=O) groups is 2. The zero-order valence-corrected chi connectivity index (χ0v) is 15.0. The summed E-state index contributed by atoms with van der Waals surface area (Å²) in [6, 6.07) is 6.78. The third kappa shape index (κ3) is 3.99. The Morgan fingerprint density at radius 1 is 1.15 bits per heavy atom. The first-order valence-electron chi connectivity index (χ1n) is 8.29. The summed E-state index contributed by atoms with van der Waals surface area (Å²) in [7, 11) is 0. The predicted octanol–water partition coefficient (Wildman–Crippen LogP) is 4.48. The monoisotopic (exact) mass is 375 g/mol. The molecule has 1 saturated heterocycles. The number of hydrogen-bond donors (Lipinski definition) is 3. The molecule has 1 aliphatic rings. The summed E-state index contributed by atoms with van der Waals surface area (Å²) < 4.78 is 32.6. The molecule has 27 heavy (non-hydrogen) atoms. The quantitative estimate of drug-likeness (QED) is 0.740. The number of carbonyl (C=O) groups excluding carboxylic acids is 2. The normalized spacial score (nSPS) is 17.8. The second-order valence-corrected chi connectivity index (χ2v) is 6.84. The van der Waals surface area contributed by atoms with Gasteiger partial charge in [-0.25, -0.2) is 18.4 Å². The number of cyclic esters (lactones) is 1. The molecule has 3 amide bonds. The molecule has 0 radical (unpaired) electrons. The van der Waals surface area contributed by atoms with E-state index in [1.807, 2.05) is 0 Å². The number of alkyl carbamates (subject to hydrolysis) is 1. The van der Waals surface area contributed by atoms with Crippen LogP contribution in [0, 0.1) is 18.6 Å². The molecule has 1 unspecified atom stereocenters. The minimum Gasteiger partial charge on any atom is -0.441 e. The van der Waals surface area contributed by atoms with Gasteiger partial charge >= 0.3 is 12.1 Å². The minimum absolute atomic E-state index is 0.196. The first-order chi connectivity index (χ1) is 12.7. The van der Waals surface area contributed by atoms with Crippen molar-refractivity contribution >= 4 is 23.5 Å². The van der Waals surface area contributed by atoms with E-state index in [1.165, 1.54) is 36.4 Å². The number of anilines is 2. The van der Waals surface area contributed by atoms with Gasteiger partial charge in [-0.1, -0.05) is 0 Å². The summed E-state index contributed by atoms with van der Waals surface area (Å²) in [5, 5.41) is 7.78. The van der Waals surface area contributed by atoms with Crippen molar-refractivity contribution in [2.75, 3.05) is 10.6 Å². The Labute approximate surface area is 154 Å². The minimum atomic E-state index is -0.940. The lowest BCUT2D eigenvalue weighted by Crippen LogP contribution is -2.31. The van der Waals surface area contributed by atoms with Crippen LogP contribution in [0.25, 0.3) is 0 Å². The van der Waals surface area contributed by atoms with E-state index in [2.05, 4.69) is 16.0 Å². The summed E-state index contributed by atoms with van der Waals surface area (Å²) in [5.41, 5.74) is 0.609. The van der Waals surface area contributed by atoms with Crippen molar-refractivity contribution in [3.05, 3.63) is 59.2 Å². The zero-order valence-electron chi connectivity index (χ0n) is 15.0. The maximum atomic E-state index is 14.3. The number of urea groups is 1. The van der Waals surface area contributed by atoms with E-state index in [0.717, 1.165) is 0 Å². The average molecular weight is 375 g/mol. The third-order valence-electron chi connectivity index (χ3n) is 4.31. The smallest absolute Gasteiger partial charge is 0.408 e. The van der Waals surface area contributed by atoms with E-state index in [-0.39, 0.29) is 5.56 Å². The first kappa shape index (κ1) is 18.6. The van der Waals surface area contributed by atoms with E-state index in [0.29, 0.717) is 16.9 Å². The van der Waals surface area contributed by atoms with Gasteiger partial charge in [-0.2, -0.15) is 0 Å². The molecule has 0 bridgehead atoms. The predicted molar refractivity (Wildman–Crippen MR) is 96.6 cm³/mol. The second-order valence-electron chi connectivity index (χ2n) is 6.84. The molecule has 1 aliphatic heterocycles. The van der Waals surface area contributed by atoms with Gasteiger partial charge in [0.05, 0.1) is 6.04 Å². The van der Waals surface area contributed by atoms with Crippen molar-refractivity contribution in [1.82, 2.24) is 5.32 Å². The molecule has 1 heterocycles. The summed E-state index contributed by atoms with van der Waals surface area (Å²) in [4.78, 5) is 23.7. The topological polar surface area (TPSA) is 79.5 Å². The number of halogens is 2. The molecule has 1 fully saturated rings. The van der Waals surface area contributed by atoms with Crippen molar-refractivity contribution in [3.8, 4) is 0 Å². The Hall–Kier alpha value is -3.16. The highest BCUT2D eigenvalue weighted by Gasteiger charge is 2.43. The zero-order chi connectivity index (χ0) is 19.8. The lowest BCUT2D eigenvalue weighted by molar-refractivity contribution is 0.0677. The molecule has 2 aromatic carbocycles. The second kappa shape index (κ2) is 6.86. The van der Waals surface area contributed by atoms with Crippen LogP contribution in [0.2, 0.25) is 0 Å². The Morgan fingerprint density at radius 2 is 1.89 bits per heavy atom. The molecule has 2 aromatic rings. The fraction of sp³-hybridized carbons (Fsp3) is 0.263. The lowest BCUT2D eigenvalue weighted by Gasteiger charge is -2.24. The molecular weight excluding hydrogens is 356 g/mol. The van der Waals surface area contributed by atoms with Crippen LogP contribution in [0.3, 0.4) is 0 Å². The van der Waals surface area contributed by atoms with Crippen LogP contribution >= 0.6 is 0 Å². The maximum Gasteiger partial charge on any atom is 0.408 e. The van der Waals surface area contributed by atoms with Crippen LogP contribution in [0.5, 0.6) is 0 Å². The van der Waals surface area contributed by atoms with E-state index in [1.54, 1.807) is 20.8 Å². The van der Waals surface area contributed by atoms with Crippen LogP contribution in [-0.4, -0.2) is 17.7 Å². The van der Waals surface area contributed by atoms with Gasteiger partial charge in [-0.15, -0.1) is 0 Å². The van der Waals surface area contributed by atoms with E-state index >= 15 is 0 Å². The third-order valence-corrected chi connectivity index (χ3v) is 4.31. The van der Waals surface area contributed by atoms with Gasteiger partial charge < -0.3 is 20.7 Å². The summed E-state index contributed by atoms with van der Waals surface area (Å²) in [5.74, 6) is -0.927. The van der Waals surface area contributed by atoms with Gasteiger partial charge in [0.1, 0.15) is 17.2 Å². The molecule has 3 rings (SSSR count). The van der Waals surface area contributed by atoms with Gasteiger partial charge in [0.15, 0.2) is 0 Å². The summed E-state index contributed by atoms with van der Waals surface area (Å²) in [6.45, 7) is 5.00. The van der Waals surface area contributed by atoms with E-state index in [9.17, 15) is 18.4 Å². The number of benzene rings is 2. The highest BCUT2D eigenvalue weighted by Crippen LogP contribution is 2.36. The van der Waals surface area contributed by atoms with Gasteiger partial charge in [0.25, 0.3) is 0 Å². The number of nitrogens with one attached hydrogen (secondary N) is 3. The number of ether oxygens (including phenoxy) is 1. The van der Waals surface area contributed by atoms with Gasteiger partial charge in [-0.3, -0.25) is 0 Å². The molecule has 0 aromatic heterocycles. The summed E-state index contributed by atoms with van der Waals surface area (Å²) >= 11 is 0. The van der Waals surface area contributed by atoms with Crippen molar-refractivity contribution in [3.63, 3.8) is 0 Å². The Kier molecular flexibility index (Phi) is 4.73. The molecule has 8 heteroatoms. The SMILES string of the molecule is Cc1cc(F)ccc1NC(=O)Nc1ccc(F)c(C2NC(=O)OC2(C)C)c1. The lowest BCUT2D eigenvalue weighted by atomic mass is 9.92. The first-order valence-corrected chi connectivity index (χ1v) is 8.29. The molecule has 142 valence electrons. The fourth-order valence-electron chi connectivity index (χ4n) is 2.97. The molecule has 3 N–H and O–H groups in total. The van der Waals surface area contributed by atoms with E-state index < -0.39 is 35.4 Å². The summed E-state index contributed by atoms with van der Waals surface area (Å²) in [6.07, 6.45) is -0.632. The molecule has 0 aliphatic carbocycles. The number of hydrogen-bond acceptors (Lipinski definition) is 3. The number of aryl methyl sites for hydroxylation is 1. The van der Waals surface area contributed by atoms with Crippen LogP contribution in [0.4, 0.5) is 29.7 Å². The Bertz CT molecular complexity index is 915. The largest absolute Gasteiger partial charge is 0.441 e. The fourth-order valence-corrected chi connectivity index (χ4v) is 2.97. The van der Waals surface area contributed by atoms with Crippen molar-refractivity contribution in [2.45, 2.75) is 32.4 Å². The number of amides is 3.